The lowest BCUT2D eigenvalue weighted by Gasteiger charge is -1.99. The van der Waals surface area contributed by atoms with Gasteiger partial charge in [0, 0.05) is 5.39 Å². The first kappa shape index (κ1) is 7.31. The van der Waals surface area contributed by atoms with E-state index >= 15 is 0 Å². The summed E-state index contributed by atoms with van der Waals surface area (Å²) in [5.74, 6) is -0.0118. The smallest absolute Gasteiger partial charge is 0.162 e. The fraction of sp³-hybridized carbons (Fsp3) is 0. The van der Waals surface area contributed by atoms with Gasteiger partial charge in [-0.3, -0.25) is 0 Å². The molecule has 0 aliphatic rings. The second-order valence-corrected chi connectivity index (χ2v) is 2.77. The van der Waals surface area contributed by atoms with Crippen molar-refractivity contribution >= 4 is 22.5 Å². The lowest BCUT2D eigenvalue weighted by Crippen LogP contribution is -1.82. The van der Waals surface area contributed by atoms with Gasteiger partial charge in [0.2, 0.25) is 0 Å². The van der Waals surface area contributed by atoms with E-state index in [2.05, 4.69) is 10.2 Å². The zero-order valence-corrected chi connectivity index (χ0v) is 6.78. The monoisotopic (exact) mass is 180 g/mol. The van der Waals surface area contributed by atoms with Crippen molar-refractivity contribution in [3.8, 4) is 5.75 Å². The Morgan fingerprint density at radius 3 is 2.92 bits per heavy atom. The van der Waals surface area contributed by atoms with Gasteiger partial charge < -0.3 is 5.11 Å². The van der Waals surface area contributed by atoms with Crippen LogP contribution in [0.1, 0.15) is 0 Å². The zero-order valence-electron chi connectivity index (χ0n) is 6.03. The number of hydrogen-bond acceptors (Lipinski definition) is 3. The molecule has 0 unspecified atom stereocenters. The minimum Gasteiger partial charge on any atom is -0.504 e. The second-order valence-electron chi connectivity index (χ2n) is 2.37. The molecule has 1 aromatic carbocycles. The van der Waals surface area contributed by atoms with Crippen LogP contribution < -0.4 is 0 Å². The summed E-state index contributed by atoms with van der Waals surface area (Å²) in [6, 6.07) is 5.17. The van der Waals surface area contributed by atoms with E-state index in [4.69, 9.17) is 11.6 Å². The lowest BCUT2D eigenvalue weighted by molar-refractivity contribution is 0.480. The van der Waals surface area contributed by atoms with Crippen molar-refractivity contribution in [2.75, 3.05) is 0 Å². The van der Waals surface area contributed by atoms with Crippen molar-refractivity contribution in [1.82, 2.24) is 10.2 Å². The van der Waals surface area contributed by atoms with Gasteiger partial charge in [-0.05, 0) is 12.1 Å². The Morgan fingerprint density at radius 1 is 1.25 bits per heavy atom. The molecule has 2 aromatic rings. The molecule has 0 radical (unpaired) electrons. The molecule has 1 aromatic heterocycles. The predicted molar refractivity (Wildman–Crippen MR) is 46.2 cm³/mol. The van der Waals surface area contributed by atoms with E-state index in [0.29, 0.717) is 10.5 Å². The average Bonchev–Trinajstić information content (AvgIpc) is 2.12. The third-order valence-corrected chi connectivity index (χ3v) is 1.92. The molecule has 0 spiro atoms. The minimum atomic E-state index is -0.0118. The largest absolute Gasteiger partial charge is 0.504 e. The number of aromatic nitrogens is 2. The molecule has 0 aliphatic carbocycles. The van der Waals surface area contributed by atoms with Crippen LogP contribution in [0.4, 0.5) is 0 Å². The van der Waals surface area contributed by atoms with Crippen molar-refractivity contribution in [2.24, 2.45) is 0 Å². The van der Waals surface area contributed by atoms with Crippen LogP contribution in [0, 0.1) is 0 Å². The topological polar surface area (TPSA) is 46.0 Å². The third-order valence-electron chi connectivity index (χ3n) is 1.61. The summed E-state index contributed by atoms with van der Waals surface area (Å²) in [7, 11) is 0. The molecule has 0 fully saturated rings. The van der Waals surface area contributed by atoms with E-state index in [0.717, 1.165) is 5.39 Å². The summed E-state index contributed by atoms with van der Waals surface area (Å²) in [4.78, 5) is 0. The first-order chi connectivity index (χ1) is 5.79. The minimum absolute atomic E-state index is 0.0118. The Labute approximate surface area is 73.6 Å². The van der Waals surface area contributed by atoms with Crippen LogP contribution in [0.3, 0.4) is 0 Å². The molecular formula is C8H5ClN2O. The van der Waals surface area contributed by atoms with Crippen LogP contribution in [0.5, 0.6) is 5.75 Å². The highest BCUT2D eigenvalue weighted by Gasteiger charge is 2.04. The van der Waals surface area contributed by atoms with Crippen molar-refractivity contribution < 1.29 is 5.11 Å². The highest BCUT2D eigenvalue weighted by molar-refractivity contribution is 6.33. The van der Waals surface area contributed by atoms with E-state index < -0.39 is 0 Å². The summed E-state index contributed by atoms with van der Waals surface area (Å²) in [6.07, 6.45) is 1.57. The van der Waals surface area contributed by atoms with Crippen molar-refractivity contribution in [2.45, 2.75) is 0 Å². The van der Waals surface area contributed by atoms with Gasteiger partial charge in [0.1, 0.15) is 5.52 Å². The molecule has 1 heterocycles. The number of phenols is 1. The Hall–Kier alpha value is -1.35. The quantitative estimate of drug-likeness (QED) is 0.675. The molecule has 0 bridgehead atoms. The van der Waals surface area contributed by atoms with E-state index in [1.165, 1.54) is 0 Å². The Balaban J connectivity index is 2.91. The number of halogens is 1. The number of phenolic OH excluding ortho intramolecular Hbond substituents is 1. The van der Waals surface area contributed by atoms with Crippen LogP contribution in [0.25, 0.3) is 10.9 Å². The molecule has 0 atom stereocenters. The van der Waals surface area contributed by atoms with Gasteiger partial charge in [0.05, 0.1) is 11.2 Å². The molecular weight excluding hydrogens is 176 g/mol. The molecule has 1 N–H and O–H groups in total. The molecule has 60 valence electrons. The van der Waals surface area contributed by atoms with Gasteiger partial charge in [0.25, 0.3) is 0 Å². The van der Waals surface area contributed by atoms with Gasteiger partial charge in [-0.15, -0.1) is 5.10 Å². The number of rotatable bonds is 0. The molecule has 0 saturated carbocycles. The van der Waals surface area contributed by atoms with E-state index in [-0.39, 0.29) is 5.75 Å². The number of hydrogen-bond donors (Lipinski definition) is 1. The number of benzene rings is 1. The summed E-state index contributed by atoms with van der Waals surface area (Å²) >= 11 is 5.67. The fourth-order valence-electron chi connectivity index (χ4n) is 1.01. The Bertz CT molecular complexity index is 430. The van der Waals surface area contributed by atoms with Gasteiger partial charge in [-0.1, -0.05) is 17.7 Å². The molecule has 0 saturated heterocycles. The number of aromatic hydroxyl groups is 1. The van der Waals surface area contributed by atoms with Crippen LogP contribution in [0.15, 0.2) is 24.4 Å². The van der Waals surface area contributed by atoms with Crippen molar-refractivity contribution in [3.63, 3.8) is 0 Å². The van der Waals surface area contributed by atoms with Crippen LogP contribution in [0.2, 0.25) is 5.02 Å². The fourth-order valence-corrected chi connectivity index (χ4v) is 1.17. The van der Waals surface area contributed by atoms with Crippen LogP contribution in [-0.4, -0.2) is 15.3 Å². The maximum atomic E-state index is 9.42. The summed E-state index contributed by atoms with van der Waals surface area (Å²) in [5.41, 5.74) is 0.435. The van der Waals surface area contributed by atoms with Gasteiger partial charge in [0.15, 0.2) is 5.75 Å². The van der Waals surface area contributed by atoms with Gasteiger partial charge in [-0.25, -0.2) is 0 Å². The third kappa shape index (κ3) is 0.987. The molecule has 0 amide bonds. The zero-order chi connectivity index (χ0) is 8.55. The standard InChI is InChI=1S/C8H5ClN2O/c9-6-2-1-5-3-4-10-11-7(5)8(6)12/h1-4,12H. The maximum absolute atomic E-state index is 9.42. The predicted octanol–water partition coefficient (Wildman–Crippen LogP) is 1.99. The second kappa shape index (κ2) is 2.60. The summed E-state index contributed by atoms with van der Waals surface area (Å²) < 4.78 is 0. The highest BCUT2D eigenvalue weighted by Crippen LogP contribution is 2.29. The van der Waals surface area contributed by atoms with Crippen molar-refractivity contribution in [1.29, 1.82) is 0 Å². The Kier molecular flexibility index (Phi) is 1.59. The lowest BCUT2D eigenvalue weighted by atomic mass is 10.2. The molecule has 0 aliphatic heterocycles. The molecule has 2 rings (SSSR count). The maximum Gasteiger partial charge on any atom is 0.162 e. The number of nitrogens with zero attached hydrogens (tertiary/aromatic N) is 2. The highest BCUT2D eigenvalue weighted by atomic mass is 35.5. The van der Waals surface area contributed by atoms with Crippen LogP contribution >= 0.6 is 11.6 Å². The SMILES string of the molecule is Oc1c(Cl)ccc2ccnnc12. The molecule has 12 heavy (non-hydrogen) atoms. The first-order valence-electron chi connectivity index (χ1n) is 3.38. The summed E-state index contributed by atoms with van der Waals surface area (Å²) in [5, 5.41) is 17.9. The van der Waals surface area contributed by atoms with Gasteiger partial charge in [-0.2, -0.15) is 5.10 Å². The van der Waals surface area contributed by atoms with Crippen molar-refractivity contribution in [3.05, 3.63) is 29.4 Å². The molecule has 4 heteroatoms. The summed E-state index contributed by atoms with van der Waals surface area (Å²) in [6.45, 7) is 0. The van der Waals surface area contributed by atoms with E-state index in [1.807, 2.05) is 0 Å². The van der Waals surface area contributed by atoms with Gasteiger partial charge >= 0.3 is 0 Å². The normalized spacial score (nSPS) is 10.4. The van der Waals surface area contributed by atoms with E-state index in [1.54, 1.807) is 24.4 Å². The number of fused-ring (bicyclic) bond motifs is 1. The van der Waals surface area contributed by atoms with E-state index in [9.17, 15) is 5.11 Å². The molecule has 3 nitrogen and oxygen atoms in total. The Morgan fingerprint density at radius 2 is 2.08 bits per heavy atom. The average molecular weight is 181 g/mol. The first-order valence-corrected chi connectivity index (χ1v) is 3.76. The van der Waals surface area contributed by atoms with Crippen LogP contribution in [-0.2, 0) is 0 Å².